The van der Waals surface area contributed by atoms with Crippen molar-refractivity contribution in [2.24, 2.45) is 5.41 Å². The zero-order valence-electron chi connectivity index (χ0n) is 16.9. The Bertz CT molecular complexity index is 1120. The number of nitrogens with zero attached hydrogens (tertiary/aromatic N) is 3. The molecule has 1 fully saturated rings. The molecule has 0 bridgehead atoms. The highest BCUT2D eigenvalue weighted by atomic mass is 35.5. The zero-order chi connectivity index (χ0) is 22.6. The van der Waals surface area contributed by atoms with Crippen molar-refractivity contribution in [2.75, 3.05) is 26.2 Å². The van der Waals surface area contributed by atoms with E-state index in [1.54, 1.807) is 41.6 Å². The van der Waals surface area contributed by atoms with Crippen LogP contribution in [0.5, 0.6) is 5.75 Å². The minimum absolute atomic E-state index is 0.00300. The summed E-state index contributed by atoms with van der Waals surface area (Å²) in [7, 11) is 0. The summed E-state index contributed by atoms with van der Waals surface area (Å²) in [5, 5.41) is 16.6. The highest BCUT2D eigenvalue weighted by Gasteiger charge is 2.44. The smallest absolute Gasteiger partial charge is 0.144 e. The maximum Gasteiger partial charge on any atom is 0.144 e. The Morgan fingerprint density at radius 1 is 1.28 bits per heavy atom. The summed E-state index contributed by atoms with van der Waals surface area (Å²) in [5.41, 5.74) is -0.156. The second-order valence-electron chi connectivity index (χ2n) is 7.54. The van der Waals surface area contributed by atoms with Crippen LogP contribution in [-0.4, -0.2) is 35.5 Å². The Morgan fingerprint density at radius 3 is 2.81 bits per heavy atom. The monoisotopic (exact) mass is 508 g/mol. The minimum atomic E-state index is -0.580. The number of ether oxygens (including phenoxy) is 1. The number of nitriles is 1. The molecule has 0 unspecified atom stereocenters. The first-order valence-electron chi connectivity index (χ1n) is 9.76. The fourth-order valence-corrected chi connectivity index (χ4v) is 5.72. The van der Waals surface area contributed by atoms with Crippen LogP contribution < -0.4 is 10.1 Å². The van der Waals surface area contributed by atoms with E-state index in [4.69, 9.17) is 33.2 Å². The molecule has 2 heterocycles. The summed E-state index contributed by atoms with van der Waals surface area (Å²) in [5.74, 6) is -0.170. The molecule has 0 radical (unpaired) electrons. The summed E-state index contributed by atoms with van der Waals surface area (Å²) < 4.78 is 22.1. The molecular formula is C22H19Cl2FN4OS2. The van der Waals surface area contributed by atoms with Gasteiger partial charge in [-0.05, 0) is 42.3 Å². The Labute approximate surface area is 204 Å². The zero-order valence-corrected chi connectivity index (χ0v) is 20.0. The molecular weight excluding hydrogens is 490 g/mol. The van der Waals surface area contributed by atoms with Gasteiger partial charge in [-0.3, -0.25) is 0 Å². The number of aromatic nitrogens is 1. The predicted octanol–water partition coefficient (Wildman–Crippen LogP) is 5.64. The first-order valence-corrected chi connectivity index (χ1v) is 12.2. The Kier molecular flexibility index (Phi) is 7.56. The molecule has 0 atom stereocenters. The van der Waals surface area contributed by atoms with Gasteiger partial charge in [-0.25, -0.2) is 13.7 Å². The first kappa shape index (κ1) is 23.3. The van der Waals surface area contributed by atoms with Gasteiger partial charge in [-0.1, -0.05) is 23.2 Å². The number of halogens is 3. The van der Waals surface area contributed by atoms with Crippen LogP contribution in [0, 0.1) is 22.6 Å². The highest BCUT2D eigenvalue weighted by molar-refractivity contribution is 7.97. The van der Waals surface area contributed by atoms with Crippen LogP contribution >= 0.6 is 46.5 Å². The van der Waals surface area contributed by atoms with Crippen molar-refractivity contribution in [2.45, 2.75) is 11.4 Å². The summed E-state index contributed by atoms with van der Waals surface area (Å²) in [6.45, 7) is 3.34. The fourth-order valence-electron chi connectivity index (χ4n) is 3.40. The van der Waals surface area contributed by atoms with Gasteiger partial charge in [-0.2, -0.15) is 5.26 Å². The molecule has 1 aliphatic rings. The van der Waals surface area contributed by atoms with Crippen molar-refractivity contribution in [3.05, 3.63) is 74.4 Å². The highest BCUT2D eigenvalue weighted by Crippen LogP contribution is 2.41. The second-order valence-corrected chi connectivity index (χ2v) is 10.5. The molecule has 0 amide bonds. The van der Waals surface area contributed by atoms with Gasteiger partial charge in [0.2, 0.25) is 0 Å². The standard InChI is InChI=1S/C22H19Cl2FN4OS2/c23-16-2-4-20(18(24)7-16)32-29-12-22(13-29,11-27-10-21-28-5-6-31-21)14-30-17-3-1-15(9-26)19(25)8-17/h1-8,27H,10-14H2. The Morgan fingerprint density at radius 2 is 2.12 bits per heavy atom. The number of hydrogen-bond donors (Lipinski definition) is 1. The van der Waals surface area contributed by atoms with Gasteiger partial charge in [-0.15, -0.1) is 11.3 Å². The SMILES string of the molecule is N#Cc1ccc(OCC2(CNCc3nccs3)CN(Sc3ccc(Cl)cc3Cl)C2)cc1F. The van der Waals surface area contributed by atoms with Gasteiger partial charge in [0.25, 0.3) is 0 Å². The van der Waals surface area contributed by atoms with E-state index in [-0.39, 0.29) is 11.0 Å². The third-order valence-corrected chi connectivity index (χ3v) is 7.52. The van der Waals surface area contributed by atoms with E-state index in [2.05, 4.69) is 14.6 Å². The Balaban J connectivity index is 1.39. The van der Waals surface area contributed by atoms with Crippen molar-refractivity contribution in [1.82, 2.24) is 14.6 Å². The van der Waals surface area contributed by atoms with Crippen LogP contribution in [0.25, 0.3) is 0 Å². The van der Waals surface area contributed by atoms with Crippen LogP contribution in [-0.2, 0) is 6.54 Å². The average molecular weight is 509 g/mol. The summed E-state index contributed by atoms with van der Waals surface area (Å²) in [6, 6.07) is 11.6. The van der Waals surface area contributed by atoms with Gasteiger partial charge in [0.05, 0.1) is 17.2 Å². The van der Waals surface area contributed by atoms with Crippen molar-refractivity contribution < 1.29 is 9.13 Å². The fraction of sp³-hybridized carbons (Fsp3) is 0.273. The van der Waals surface area contributed by atoms with E-state index in [1.807, 2.05) is 23.6 Å². The molecule has 1 aliphatic heterocycles. The molecule has 10 heteroatoms. The lowest BCUT2D eigenvalue weighted by molar-refractivity contribution is 0.0254. The first-order chi connectivity index (χ1) is 15.5. The van der Waals surface area contributed by atoms with Crippen LogP contribution in [0.15, 0.2) is 52.9 Å². The molecule has 4 rings (SSSR count). The Hall–Kier alpha value is -1.86. The quantitative estimate of drug-likeness (QED) is 0.377. The van der Waals surface area contributed by atoms with Gasteiger partial charge in [0, 0.05) is 59.2 Å². The van der Waals surface area contributed by atoms with E-state index in [1.165, 1.54) is 12.1 Å². The van der Waals surface area contributed by atoms with Crippen molar-refractivity contribution in [3.63, 3.8) is 0 Å². The lowest BCUT2D eigenvalue weighted by atomic mass is 9.82. The van der Waals surface area contributed by atoms with Gasteiger partial charge >= 0.3 is 0 Å². The summed E-state index contributed by atoms with van der Waals surface area (Å²) in [6.07, 6.45) is 1.79. The van der Waals surface area contributed by atoms with E-state index >= 15 is 0 Å². The van der Waals surface area contributed by atoms with Crippen LogP contribution in [0.4, 0.5) is 4.39 Å². The van der Waals surface area contributed by atoms with Crippen molar-refractivity contribution >= 4 is 46.5 Å². The number of thiazole rings is 1. The lowest BCUT2D eigenvalue weighted by Gasteiger charge is -2.49. The average Bonchev–Trinajstić information content (AvgIpc) is 3.26. The van der Waals surface area contributed by atoms with Crippen LogP contribution in [0.1, 0.15) is 10.6 Å². The van der Waals surface area contributed by atoms with Crippen molar-refractivity contribution in [1.29, 1.82) is 5.26 Å². The molecule has 0 saturated carbocycles. The van der Waals surface area contributed by atoms with E-state index in [0.29, 0.717) is 28.9 Å². The molecule has 5 nitrogen and oxygen atoms in total. The van der Waals surface area contributed by atoms with Crippen molar-refractivity contribution in [3.8, 4) is 11.8 Å². The molecule has 1 aromatic heterocycles. The summed E-state index contributed by atoms with van der Waals surface area (Å²) in [4.78, 5) is 5.24. The molecule has 0 aliphatic carbocycles. The van der Waals surface area contributed by atoms with E-state index in [9.17, 15) is 4.39 Å². The van der Waals surface area contributed by atoms with E-state index < -0.39 is 5.82 Å². The van der Waals surface area contributed by atoms with E-state index in [0.717, 1.165) is 29.5 Å². The molecule has 32 heavy (non-hydrogen) atoms. The molecule has 2 aromatic carbocycles. The number of nitrogens with one attached hydrogen (secondary N) is 1. The molecule has 3 aromatic rings. The lowest BCUT2D eigenvalue weighted by Crippen LogP contribution is -2.60. The van der Waals surface area contributed by atoms with Gasteiger partial charge in [0.1, 0.15) is 22.6 Å². The maximum absolute atomic E-state index is 13.9. The van der Waals surface area contributed by atoms with Crippen LogP contribution in [0.3, 0.4) is 0 Å². The largest absolute Gasteiger partial charge is 0.493 e. The van der Waals surface area contributed by atoms with Crippen LogP contribution in [0.2, 0.25) is 10.0 Å². The predicted molar refractivity (Wildman–Crippen MR) is 127 cm³/mol. The molecule has 1 saturated heterocycles. The minimum Gasteiger partial charge on any atom is -0.493 e. The third-order valence-electron chi connectivity index (χ3n) is 5.01. The molecule has 0 spiro atoms. The molecule has 166 valence electrons. The van der Waals surface area contributed by atoms with Gasteiger partial charge < -0.3 is 10.1 Å². The third kappa shape index (κ3) is 5.73. The normalized spacial score (nSPS) is 15.2. The second kappa shape index (κ2) is 10.4. The maximum atomic E-state index is 13.9. The number of rotatable bonds is 9. The van der Waals surface area contributed by atoms with Gasteiger partial charge in [0.15, 0.2) is 0 Å². The topological polar surface area (TPSA) is 61.2 Å². The number of hydrogen-bond acceptors (Lipinski definition) is 7. The molecule has 1 N–H and O–H groups in total. The number of benzene rings is 2. The summed E-state index contributed by atoms with van der Waals surface area (Å²) >= 11 is 15.5.